The summed E-state index contributed by atoms with van der Waals surface area (Å²) >= 11 is 6.06. The molecule has 0 saturated carbocycles. The van der Waals surface area contributed by atoms with Crippen molar-refractivity contribution < 1.29 is 18.0 Å². The largest absolute Gasteiger partial charge is 0.416 e. The van der Waals surface area contributed by atoms with E-state index in [1.807, 2.05) is 0 Å². The van der Waals surface area contributed by atoms with Crippen molar-refractivity contribution in [3.05, 3.63) is 100 Å². The molecular weight excluding hydrogens is 453 g/mol. The standard InChI is InChI=1S/C24H14ClF3N4O/c25-20-6-2-1-5-19(20)22(33)12-11-21-23(17-4-3-13-29-14-17)32(31-30-21)15-16-7-9-18(10-8-16)24(26,27)28/h1-10,13-14H,15H2. The van der Waals surface area contributed by atoms with E-state index in [0.29, 0.717) is 16.8 Å². The number of ketones is 1. The van der Waals surface area contributed by atoms with E-state index in [-0.39, 0.29) is 22.8 Å². The van der Waals surface area contributed by atoms with Gasteiger partial charge in [0.2, 0.25) is 5.78 Å². The minimum absolute atomic E-state index is 0.148. The maximum absolute atomic E-state index is 12.8. The first-order valence-corrected chi connectivity index (χ1v) is 10.0. The molecule has 0 unspecified atom stereocenters. The van der Waals surface area contributed by atoms with Crippen molar-refractivity contribution in [2.75, 3.05) is 0 Å². The van der Waals surface area contributed by atoms with Crippen LogP contribution in [-0.4, -0.2) is 25.8 Å². The van der Waals surface area contributed by atoms with Crippen molar-refractivity contribution in [2.45, 2.75) is 12.7 Å². The van der Waals surface area contributed by atoms with Gasteiger partial charge in [-0.05, 0) is 53.8 Å². The topological polar surface area (TPSA) is 60.7 Å². The summed E-state index contributed by atoms with van der Waals surface area (Å²) in [6, 6.07) is 14.8. The van der Waals surface area contributed by atoms with Crippen molar-refractivity contribution in [3.8, 4) is 23.1 Å². The fraction of sp³-hybridized carbons (Fsp3) is 0.0833. The number of carbonyl (C=O) groups is 1. The molecule has 0 bridgehead atoms. The zero-order valence-corrected chi connectivity index (χ0v) is 17.6. The SMILES string of the molecule is O=C(C#Cc1nnn(Cc2ccc(C(F)(F)F)cc2)c1-c1cccnc1)c1ccccc1Cl. The highest BCUT2D eigenvalue weighted by Crippen LogP contribution is 2.29. The lowest BCUT2D eigenvalue weighted by atomic mass is 10.1. The van der Waals surface area contributed by atoms with Crippen molar-refractivity contribution >= 4 is 17.4 Å². The lowest BCUT2D eigenvalue weighted by Crippen LogP contribution is -2.07. The van der Waals surface area contributed by atoms with Crippen molar-refractivity contribution in [1.82, 2.24) is 20.0 Å². The molecule has 2 aromatic heterocycles. The quantitative estimate of drug-likeness (QED) is 0.303. The number of aromatic nitrogens is 4. The predicted octanol–water partition coefficient (Wildman–Crippen LogP) is 5.30. The minimum Gasteiger partial charge on any atom is -0.279 e. The Morgan fingerprint density at radius 2 is 1.79 bits per heavy atom. The van der Waals surface area contributed by atoms with Gasteiger partial charge in [-0.25, -0.2) is 4.68 Å². The van der Waals surface area contributed by atoms with Crippen LogP contribution in [0.4, 0.5) is 13.2 Å². The van der Waals surface area contributed by atoms with E-state index in [1.165, 1.54) is 16.8 Å². The van der Waals surface area contributed by atoms with Crippen LogP contribution in [0.2, 0.25) is 5.02 Å². The van der Waals surface area contributed by atoms with E-state index in [0.717, 1.165) is 12.1 Å². The minimum atomic E-state index is -4.41. The summed E-state index contributed by atoms with van der Waals surface area (Å²) in [5.41, 5.74) is 1.49. The molecular formula is C24H14ClF3N4O. The van der Waals surface area contributed by atoms with Gasteiger partial charge >= 0.3 is 6.18 Å². The van der Waals surface area contributed by atoms with E-state index in [4.69, 9.17) is 11.6 Å². The van der Waals surface area contributed by atoms with Gasteiger partial charge in [-0.1, -0.05) is 41.1 Å². The number of nitrogens with zero attached hydrogens (tertiary/aromatic N) is 4. The molecule has 0 saturated heterocycles. The summed E-state index contributed by atoms with van der Waals surface area (Å²) in [5, 5.41) is 8.47. The third-order valence-corrected chi connectivity index (χ3v) is 5.03. The van der Waals surface area contributed by atoms with Crippen molar-refractivity contribution in [3.63, 3.8) is 0 Å². The van der Waals surface area contributed by atoms with Gasteiger partial charge in [-0.3, -0.25) is 9.78 Å². The number of carbonyl (C=O) groups excluding carboxylic acids is 1. The Balaban J connectivity index is 1.69. The molecule has 164 valence electrons. The normalized spacial score (nSPS) is 11.0. The van der Waals surface area contributed by atoms with Crippen LogP contribution in [-0.2, 0) is 12.7 Å². The summed E-state index contributed by atoms with van der Waals surface area (Å²) in [7, 11) is 0. The number of hydrogen-bond donors (Lipinski definition) is 0. The Morgan fingerprint density at radius 1 is 1.03 bits per heavy atom. The van der Waals surface area contributed by atoms with Gasteiger partial charge < -0.3 is 0 Å². The fourth-order valence-corrected chi connectivity index (χ4v) is 3.32. The number of Topliss-reactive ketones (excluding diaryl/α,β-unsaturated/α-hetero) is 1. The van der Waals surface area contributed by atoms with Crippen molar-refractivity contribution in [1.29, 1.82) is 0 Å². The molecule has 2 heterocycles. The maximum Gasteiger partial charge on any atom is 0.416 e. The fourth-order valence-electron chi connectivity index (χ4n) is 3.10. The highest BCUT2D eigenvalue weighted by molar-refractivity contribution is 6.35. The van der Waals surface area contributed by atoms with Gasteiger partial charge in [-0.15, -0.1) is 5.10 Å². The maximum atomic E-state index is 12.8. The first kappa shape index (κ1) is 22.2. The average molecular weight is 467 g/mol. The van der Waals surface area contributed by atoms with Gasteiger partial charge in [0.15, 0.2) is 5.69 Å². The molecule has 9 heteroatoms. The molecule has 0 atom stereocenters. The summed E-state index contributed by atoms with van der Waals surface area (Å²) in [6.45, 7) is 0.148. The number of alkyl halides is 3. The lowest BCUT2D eigenvalue weighted by Gasteiger charge is -2.09. The van der Waals surface area contributed by atoms with E-state index in [1.54, 1.807) is 48.8 Å². The van der Waals surface area contributed by atoms with Crippen LogP contribution in [0.15, 0.2) is 73.1 Å². The molecule has 4 rings (SSSR count). The van der Waals surface area contributed by atoms with Crippen molar-refractivity contribution in [2.24, 2.45) is 0 Å². The molecule has 5 nitrogen and oxygen atoms in total. The number of benzene rings is 2. The lowest BCUT2D eigenvalue weighted by molar-refractivity contribution is -0.137. The van der Waals surface area contributed by atoms with E-state index >= 15 is 0 Å². The molecule has 0 radical (unpaired) electrons. The number of halogens is 4. The van der Waals surface area contributed by atoms with E-state index < -0.39 is 17.5 Å². The van der Waals surface area contributed by atoms with Crippen LogP contribution in [0, 0.1) is 11.8 Å². The molecule has 0 fully saturated rings. The molecule has 4 aromatic rings. The zero-order chi connectivity index (χ0) is 23.4. The Bertz CT molecular complexity index is 1350. The molecule has 0 aliphatic carbocycles. The van der Waals surface area contributed by atoms with Crippen LogP contribution in [0.25, 0.3) is 11.3 Å². The van der Waals surface area contributed by atoms with Crippen LogP contribution >= 0.6 is 11.6 Å². The monoisotopic (exact) mass is 466 g/mol. The smallest absolute Gasteiger partial charge is 0.279 e. The molecule has 0 amide bonds. The summed E-state index contributed by atoms with van der Waals surface area (Å²) < 4.78 is 40.0. The molecule has 0 aliphatic rings. The van der Waals surface area contributed by atoms with Gasteiger partial charge in [0, 0.05) is 23.5 Å². The second-order valence-corrected chi connectivity index (χ2v) is 7.35. The summed E-state index contributed by atoms with van der Waals surface area (Å²) in [4.78, 5) is 16.6. The summed E-state index contributed by atoms with van der Waals surface area (Å²) in [6.07, 6.45) is -1.23. The van der Waals surface area contributed by atoms with Crippen LogP contribution in [0.5, 0.6) is 0 Å². The van der Waals surface area contributed by atoms with Gasteiger partial charge in [-0.2, -0.15) is 13.2 Å². The number of hydrogen-bond acceptors (Lipinski definition) is 4. The molecule has 0 aliphatic heterocycles. The van der Waals surface area contributed by atoms with Crippen LogP contribution in [0.3, 0.4) is 0 Å². The van der Waals surface area contributed by atoms with Gasteiger partial charge in [0.1, 0.15) is 5.69 Å². The molecule has 0 spiro atoms. The third-order valence-electron chi connectivity index (χ3n) is 4.70. The first-order chi connectivity index (χ1) is 15.8. The summed E-state index contributed by atoms with van der Waals surface area (Å²) in [5.74, 6) is 4.80. The highest BCUT2D eigenvalue weighted by atomic mass is 35.5. The van der Waals surface area contributed by atoms with Crippen LogP contribution < -0.4 is 0 Å². The Morgan fingerprint density at radius 3 is 2.45 bits per heavy atom. The second kappa shape index (κ2) is 9.27. The van der Waals surface area contributed by atoms with Gasteiger partial charge in [0.25, 0.3) is 0 Å². The van der Waals surface area contributed by atoms with E-state index in [2.05, 4.69) is 27.1 Å². The molecule has 33 heavy (non-hydrogen) atoms. The Kier molecular flexibility index (Phi) is 6.24. The highest BCUT2D eigenvalue weighted by Gasteiger charge is 2.30. The van der Waals surface area contributed by atoms with Crippen LogP contribution in [0.1, 0.15) is 27.2 Å². The third kappa shape index (κ3) is 5.10. The first-order valence-electron chi connectivity index (χ1n) is 9.64. The molecule has 2 aromatic carbocycles. The van der Waals surface area contributed by atoms with E-state index in [9.17, 15) is 18.0 Å². The number of rotatable bonds is 4. The predicted molar refractivity (Wildman–Crippen MR) is 116 cm³/mol. The molecule has 0 N–H and O–H groups in total. The number of pyridine rings is 1. The second-order valence-electron chi connectivity index (χ2n) is 6.94. The Hall–Kier alpha value is -3.96. The Labute approximate surface area is 191 Å². The zero-order valence-electron chi connectivity index (χ0n) is 16.8. The average Bonchev–Trinajstić information content (AvgIpc) is 3.20. The van der Waals surface area contributed by atoms with Gasteiger partial charge in [0.05, 0.1) is 17.1 Å².